The van der Waals surface area contributed by atoms with Crippen molar-refractivity contribution in [3.8, 4) is 0 Å². The molecule has 2 amide bonds. The van der Waals surface area contributed by atoms with E-state index in [9.17, 15) is 14.0 Å². The fraction of sp³-hybridized carbons (Fsp3) is 0. The summed E-state index contributed by atoms with van der Waals surface area (Å²) in [7, 11) is 0. The van der Waals surface area contributed by atoms with Crippen LogP contribution in [-0.2, 0) is 0 Å². The van der Waals surface area contributed by atoms with E-state index >= 15 is 0 Å². The van der Waals surface area contributed by atoms with E-state index in [-0.39, 0.29) is 11.8 Å². The predicted octanol–water partition coefficient (Wildman–Crippen LogP) is 2.63. The van der Waals surface area contributed by atoms with Crippen molar-refractivity contribution in [2.24, 2.45) is 0 Å². The minimum absolute atomic E-state index is 0.373. The quantitative estimate of drug-likeness (QED) is 0.720. The molecule has 0 unspecified atom stereocenters. The molecule has 0 radical (unpaired) electrons. The Kier molecular flexibility index (Phi) is 2.23. The van der Waals surface area contributed by atoms with Crippen LogP contribution in [0.3, 0.4) is 0 Å². The van der Waals surface area contributed by atoms with Gasteiger partial charge in [0, 0.05) is 0 Å². The molecule has 1 aliphatic heterocycles. The largest absolute Gasteiger partial charge is 0.268 e. The number of amides is 2. The van der Waals surface area contributed by atoms with Crippen LogP contribution in [0.15, 0.2) is 48.5 Å². The van der Waals surface area contributed by atoms with Gasteiger partial charge in [-0.15, -0.1) is 0 Å². The minimum Gasteiger partial charge on any atom is -0.268 e. The maximum Gasteiger partial charge on any atom is 0.266 e. The second-order valence-electron chi connectivity index (χ2n) is 3.97. The van der Waals surface area contributed by atoms with Crippen molar-refractivity contribution in [3.63, 3.8) is 0 Å². The summed E-state index contributed by atoms with van der Waals surface area (Å²) in [6.07, 6.45) is 0. The van der Waals surface area contributed by atoms with Crippen LogP contribution in [-0.4, -0.2) is 11.8 Å². The molecule has 4 heteroatoms. The Balaban J connectivity index is 2.09. The van der Waals surface area contributed by atoms with Crippen LogP contribution in [0.4, 0.5) is 10.1 Å². The molecule has 1 heterocycles. The Bertz CT molecular complexity index is 614. The van der Waals surface area contributed by atoms with Gasteiger partial charge in [-0.25, -0.2) is 9.29 Å². The van der Waals surface area contributed by atoms with Crippen molar-refractivity contribution in [1.82, 2.24) is 0 Å². The highest BCUT2D eigenvalue weighted by Gasteiger charge is 2.36. The number of carbonyl (C=O) groups excluding carboxylic acids is 2. The lowest BCUT2D eigenvalue weighted by Gasteiger charge is -2.13. The Hall–Kier alpha value is -2.49. The first-order valence-corrected chi connectivity index (χ1v) is 5.42. The van der Waals surface area contributed by atoms with Crippen molar-refractivity contribution in [2.45, 2.75) is 0 Å². The van der Waals surface area contributed by atoms with Crippen LogP contribution in [0.2, 0.25) is 0 Å². The number of fused-ring (bicyclic) bond motifs is 1. The lowest BCUT2D eigenvalue weighted by atomic mass is 10.1. The number of nitrogens with zero attached hydrogens (tertiary/aromatic N) is 1. The summed E-state index contributed by atoms with van der Waals surface area (Å²) < 4.78 is 12.8. The summed E-state index contributed by atoms with van der Waals surface area (Å²) in [4.78, 5) is 25.3. The number of rotatable bonds is 1. The summed E-state index contributed by atoms with van der Waals surface area (Å²) in [5.74, 6) is -1.15. The van der Waals surface area contributed by atoms with Gasteiger partial charge >= 0.3 is 0 Å². The smallest absolute Gasteiger partial charge is 0.266 e. The normalized spacial score (nSPS) is 13.9. The number of benzene rings is 2. The van der Waals surface area contributed by atoms with E-state index in [1.807, 2.05) is 0 Å². The molecule has 88 valence electrons. The highest BCUT2D eigenvalue weighted by Crippen LogP contribution is 2.27. The highest BCUT2D eigenvalue weighted by atomic mass is 19.1. The molecule has 1 aliphatic rings. The molecule has 0 bridgehead atoms. The number of hydrogen-bond donors (Lipinski definition) is 0. The maximum absolute atomic E-state index is 12.8. The Morgan fingerprint density at radius 1 is 0.778 bits per heavy atom. The van der Waals surface area contributed by atoms with E-state index < -0.39 is 5.82 Å². The van der Waals surface area contributed by atoms with Gasteiger partial charge in [-0.3, -0.25) is 9.59 Å². The second kappa shape index (κ2) is 3.77. The number of imide groups is 1. The maximum atomic E-state index is 12.8. The summed E-state index contributed by atoms with van der Waals surface area (Å²) in [5, 5.41) is 0. The zero-order chi connectivity index (χ0) is 12.7. The first kappa shape index (κ1) is 10.7. The van der Waals surface area contributed by atoms with Gasteiger partial charge in [0.25, 0.3) is 11.8 Å². The van der Waals surface area contributed by atoms with E-state index in [0.29, 0.717) is 16.8 Å². The molecule has 2 aromatic rings. The summed E-state index contributed by atoms with van der Waals surface area (Å²) in [6, 6.07) is 11.9. The number of halogens is 1. The van der Waals surface area contributed by atoms with Crippen molar-refractivity contribution >= 4 is 17.5 Å². The molecule has 0 aromatic heterocycles. The van der Waals surface area contributed by atoms with Gasteiger partial charge < -0.3 is 0 Å². The standard InChI is InChI=1S/C14H8FNO2/c15-9-5-7-10(8-6-9)16-13(17)11-3-1-2-4-12(11)14(16)18/h1-8H. The second-order valence-corrected chi connectivity index (χ2v) is 3.97. The van der Waals surface area contributed by atoms with Crippen LogP contribution in [0.1, 0.15) is 20.7 Å². The highest BCUT2D eigenvalue weighted by molar-refractivity contribution is 6.34. The molecule has 2 aromatic carbocycles. The molecule has 0 N–H and O–H groups in total. The average Bonchev–Trinajstić information content (AvgIpc) is 2.64. The Morgan fingerprint density at radius 3 is 1.78 bits per heavy atom. The van der Waals surface area contributed by atoms with Crippen molar-refractivity contribution in [1.29, 1.82) is 0 Å². The van der Waals surface area contributed by atoms with Gasteiger partial charge in [0.1, 0.15) is 5.82 Å². The van der Waals surface area contributed by atoms with Gasteiger partial charge in [-0.1, -0.05) is 12.1 Å². The molecule has 3 rings (SSSR count). The molecular formula is C14H8FNO2. The van der Waals surface area contributed by atoms with Crippen LogP contribution in [0, 0.1) is 5.82 Å². The third-order valence-electron chi connectivity index (χ3n) is 2.88. The van der Waals surface area contributed by atoms with Crippen molar-refractivity contribution < 1.29 is 14.0 Å². The molecular weight excluding hydrogens is 233 g/mol. The summed E-state index contributed by atoms with van der Waals surface area (Å²) >= 11 is 0. The lowest BCUT2D eigenvalue weighted by molar-refractivity contribution is 0.0926. The van der Waals surface area contributed by atoms with Gasteiger partial charge in [-0.05, 0) is 36.4 Å². The van der Waals surface area contributed by atoms with Crippen LogP contribution < -0.4 is 4.90 Å². The molecule has 3 nitrogen and oxygen atoms in total. The first-order chi connectivity index (χ1) is 8.68. The number of hydrogen-bond acceptors (Lipinski definition) is 2. The zero-order valence-electron chi connectivity index (χ0n) is 9.26. The fourth-order valence-electron chi connectivity index (χ4n) is 2.01. The summed E-state index contributed by atoms with van der Waals surface area (Å²) in [6.45, 7) is 0. The van der Waals surface area contributed by atoms with Gasteiger partial charge in [0.15, 0.2) is 0 Å². The summed E-state index contributed by atoms with van der Waals surface area (Å²) in [5.41, 5.74) is 1.14. The number of carbonyl (C=O) groups is 2. The lowest BCUT2D eigenvalue weighted by Crippen LogP contribution is -2.29. The first-order valence-electron chi connectivity index (χ1n) is 5.42. The molecule has 0 atom stereocenters. The SMILES string of the molecule is O=C1c2ccccc2C(=O)N1c1ccc(F)cc1. The third-order valence-corrected chi connectivity index (χ3v) is 2.88. The van der Waals surface area contributed by atoms with Gasteiger partial charge in [0.2, 0.25) is 0 Å². The third kappa shape index (κ3) is 1.43. The van der Waals surface area contributed by atoms with Crippen LogP contribution in [0.25, 0.3) is 0 Å². The molecule has 0 fully saturated rings. The van der Waals surface area contributed by atoms with E-state index in [0.717, 1.165) is 4.90 Å². The number of anilines is 1. The van der Waals surface area contributed by atoms with Crippen LogP contribution >= 0.6 is 0 Å². The van der Waals surface area contributed by atoms with Crippen molar-refractivity contribution in [3.05, 3.63) is 65.5 Å². The van der Waals surface area contributed by atoms with Gasteiger partial charge in [0.05, 0.1) is 16.8 Å². The molecule has 0 aliphatic carbocycles. The van der Waals surface area contributed by atoms with Crippen molar-refractivity contribution in [2.75, 3.05) is 4.90 Å². The monoisotopic (exact) mass is 241 g/mol. The van der Waals surface area contributed by atoms with Crippen LogP contribution in [0.5, 0.6) is 0 Å². The average molecular weight is 241 g/mol. The predicted molar refractivity (Wildman–Crippen MR) is 64.0 cm³/mol. The van der Waals surface area contributed by atoms with E-state index in [1.165, 1.54) is 24.3 Å². The fourth-order valence-corrected chi connectivity index (χ4v) is 2.01. The van der Waals surface area contributed by atoms with E-state index in [2.05, 4.69) is 0 Å². The topological polar surface area (TPSA) is 37.4 Å². The Morgan fingerprint density at radius 2 is 1.28 bits per heavy atom. The molecule has 0 spiro atoms. The molecule has 0 saturated heterocycles. The Labute approximate surface area is 102 Å². The van der Waals surface area contributed by atoms with E-state index in [1.54, 1.807) is 24.3 Å². The zero-order valence-corrected chi connectivity index (χ0v) is 9.26. The molecule has 0 saturated carbocycles. The van der Waals surface area contributed by atoms with Gasteiger partial charge in [-0.2, -0.15) is 0 Å². The molecule has 18 heavy (non-hydrogen) atoms. The van der Waals surface area contributed by atoms with E-state index in [4.69, 9.17) is 0 Å². The minimum atomic E-state index is -0.407.